The van der Waals surface area contributed by atoms with Gasteiger partial charge >= 0.3 is 5.69 Å². The number of nitrogens with one attached hydrogen (secondary N) is 1. The summed E-state index contributed by atoms with van der Waals surface area (Å²) < 4.78 is 6.77. The van der Waals surface area contributed by atoms with E-state index in [0.717, 1.165) is 31.4 Å². The van der Waals surface area contributed by atoms with Gasteiger partial charge < -0.3 is 9.64 Å². The first-order chi connectivity index (χ1) is 15.0. The molecule has 2 fully saturated rings. The molecule has 0 bridgehead atoms. The molecule has 1 atom stereocenters. The summed E-state index contributed by atoms with van der Waals surface area (Å²) >= 11 is 0. The Morgan fingerprint density at radius 3 is 2.52 bits per heavy atom. The van der Waals surface area contributed by atoms with Gasteiger partial charge in [0.05, 0.1) is 18.1 Å². The maximum atomic E-state index is 13.6. The van der Waals surface area contributed by atoms with Crippen LogP contribution in [0.25, 0.3) is 11.0 Å². The number of fused-ring (bicyclic) bond motifs is 1. The van der Waals surface area contributed by atoms with E-state index in [1.165, 1.54) is 10.8 Å². The molecule has 0 spiro atoms. The van der Waals surface area contributed by atoms with Gasteiger partial charge in [-0.3, -0.25) is 19.1 Å². The van der Waals surface area contributed by atoms with Gasteiger partial charge in [-0.25, -0.2) is 9.78 Å². The Morgan fingerprint density at radius 1 is 1.19 bits per heavy atom. The van der Waals surface area contributed by atoms with Crippen molar-refractivity contribution in [2.75, 3.05) is 12.0 Å². The van der Waals surface area contributed by atoms with Crippen LogP contribution < -0.4 is 20.9 Å². The monoisotopic (exact) mass is 420 g/mol. The highest BCUT2D eigenvalue weighted by molar-refractivity contribution is 6.07. The highest BCUT2D eigenvalue weighted by Crippen LogP contribution is 2.38. The van der Waals surface area contributed by atoms with Crippen molar-refractivity contribution in [3.8, 4) is 5.75 Å². The molecule has 0 saturated heterocycles. The molecule has 1 amide bonds. The van der Waals surface area contributed by atoms with E-state index in [4.69, 9.17) is 4.74 Å². The van der Waals surface area contributed by atoms with E-state index in [0.29, 0.717) is 22.9 Å². The largest absolute Gasteiger partial charge is 0.497 e. The first-order valence-corrected chi connectivity index (χ1v) is 10.6. The van der Waals surface area contributed by atoms with Crippen molar-refractivity contribution in [2.45, 2.75) is 44.7 Å². The smallest absolute Gasteiger partial charge is 0.330 e. The van der Waals surface area contributed by atoms with Crippen LogP contribution in [0.4, 0.5) is 5.69 Å². The molecule has 160 valence electrons. The summed E-state index contributed by atoms with van der Waals surface area (Å²) in [6.45, 7) is 2.05. The normalized spacial score (nSPS) is 16.8. The van der Waals surface area contributed by atoms with Gasteiger partial charge in [0, 0.05) is 24.0 Å². The van der Waals surface area contributed by atoms with Crippen molar-refractivity contribution in [3.05, 3.63) is 62.9 Å². The number of H-pyrrole nitrogens is 1. The summed E-state index contributed by atoms with van der Waals surface area (Å²) in [6.07, 6.45) is 5.41. The van der Waals surface area contributed by atoms with Crippen LogP contribution in [-0.4, -0.2) is 33.6 Å². The van der Waals surface area contributed by atoms with Crippen LogP contribution in [0.3, 0.4) is 0 Å². The van der Waals surface area contributed by atoms with Crippen LogP contribution in [0.15, 0.2) is 46.1 Å². The molecule has 2 aliphatic rings. The lowest BCUT2D eigenvalue weighted by Crippen LogP contribution is -2.40. The molecule has 0 aliphatic heterocycles. The second kappa shape index (κ2) is 7.37. The van der Waals surface area contributed by atoms with Gasteiger partial charge in [0.25, 0.3) is 11.5 Å². The van der Waals surface area contributed by atoms with Gasteiger partial charge in [0.2, 0.25) is 0 Å². The summed E-state index contributed by atoms with van der Waals surface area (Å²) in [5, 5.41) is 0.256. The zero-order chi connectivity index (χ0) is 21.7. The third-order valence-electron chi connectivity index (χ3n) is 6.22. The molecule has 1 aromatic carbocycles. The number of aromatic amines is 1. The number of anilines is 1. The second-order valence-corrected chi connectivity index (χ2v) is 8.41. The fourth-order valence-electron chi connectivity index (χ4n) is 4.13. The minimum Gasteiger partial charge on any atom is -0.497 e. The molecule has 8 nitrogen and oxygen atoms in total. The van der Waals surface area contributed by atoms with Crippen LogP contribution >= 0.6 is 0 Å². The molecule has 31 heavy (non-hydrogen) atoms. The zero-order valence-electron chi connectivity index (χ0n) is 17.5. The Labute approximate surface area is 178 Å². The summed E-state index contributed by atoms with van der Waals surface area (Å²) in [6, 6.07) is 9.00. The van der Waals surface area contributed by atoms with Crippen LogP contribution in [0.2, 0.25) is 0 Å². The van der Waals surface area contributed by atoms with Crippen molar-refractivity contribution in [1.29, 1.82) is 0 Å². The van der Waals surface area contributed by atoms with Crippen molar-refractivity contribution in [1.82, 2.24) is 14.5 Å². The van der Waals surface area contributed by atoms with E-state index in [1.807, 2.05) is 31.2 Å². The molecule has 8 heteroatoms. The minimum atomic E-state index is -0.523. The van der Waals surface area contributed by atoms with Crippen molar-refractivity contribution >= 4 is 22.6 Å². The molecule has 2 heterocycles. The molecular weight excluding hydrogens is 396 g/mol. The number of hydrogen-bond acceptors (Lipinski definition) is 5. The lowest BCUT2D eigenvalue weighted by molar-refractivity contribution is 0.0975. The Hall–Kier alpha value is -3.42. The van der Waals surface area contributed by atoms with Crippen molar-refractivity contribution < 1.29 is 9.53 Å². The first-order valence-electron chi connectivity index (χ1n) is 10.6. The lowest BCUT2D eigenvalue weighted by atomic mass is 10.1. The highest BCUT2D eigenvalue weighted by Gasteiger charge is 2.36. The molecule has 5 rings (SSSR count). The number of hydrogen-bond donors (Lipinski definition) is 1. The molecule has 3 aromatic rings. The molecule has 2 aliphatic carbocycles. The van der Waals surface area contributed by atoms with E-state index in [1.54, 1.807) is 18.1 Å². The van der Waals surface area contributed by atoms with E-state index in [-0.39, 0.29) is 23.4 Å². The van der Waals surface area contributed by atoms with Gasteiger partial charge in [-0.1, -0.05) is 0 Å². The number of carbonyl (C=O) groups excluding carboxylic acids is 1. The van der Waals surface area contributed by atoms with Gasteiger partial charge in [-0.15, -0.1) is 0 Å². The van der Waals surface area contributed by atoms with Gasteiger partial charge in [-0.2, -0.15) is 0 Å². The van der Waals surface area contributed by atoms with Gasteiger partial charge in [0.1, 0.15) is 11.4 Å². The average Bonchev–Trinajstić information content (AvgIpc) is 3.68. The summed E-state index contributed by atoms with van der Waals surface area (Å²) in [4.78, 5) is 46.9. The quantitative estimate of drug-likeness (QED) is 0.661. The van der Waals surface area contributed by atoms with Crippen molar-refractivity contribution in [2.24, 2.45) is 5.92 Å². The number of benzene rings is 1. The zero-order valence-corrected chi connectivity index (χ0v) is 17.5. The van der Waals surface area contributed by atoms with Crippen LogP contribution in [0.5, 0.6) is 5.75 Å². The SMILES string of the molecule is COc1ccc(N(C(=O)c2cnc3c(c2)c(=O)[nH]c(=O)n3C2CC2)C(C)C2CC2)cc1. The standard InChI is InChI=1S/C23H24N4O4/c1-13(14-3-4-14)26(16-7-9-18(31-2)10-8-16)22(29)15-11-19-20(24-12-15)27(17-5-6-17)23(30)25-21(19)28/h7-14,17H,3-6H2,1-2H3,(H,25,28,30). The second-order valence-electron chi connectivity index (χ2n) is 8.41. The van der Waals surface area contributed by atoms with Crippen LogP contribution in [0.1, 0.15) is 49.0 Å². The van der Waals surface area contributed by atoms with Crippen molar-refractivity contribution in [3.63, 3.8) is 0 Å². The maximum absolute atomic E-state index is 13.6. The fraction of sp³-hybridized carbons (Fsp3) is 0.391. The maximum Gasteiger partial charge on any atom is 0.330 e. The summed E-state index contributed by atoms with van der Waals surface area (Å²) in [7, 11) is 1.60. The summed E-state index contributed by atoms with van der Waals surface area (Å²) in [5.74, 6) is 0.942. The number of ether oxygens (including phenoxy) is 1. The molecular formula is C23H24N4O4. The molecule has 1 N–H and O–H groups in total. The number of aromatic nitrogens is 3. The van der Waals surface area contributed by atoms with E-state index < -0.39 is 11.2 Å². The highest BCUT2D eigenvalue weighted by atomic mass is 16.5. The van der Waals surface area contributed by atoms with E-state index in [9.17, 15) is 14.4 Å². The Bertz CT molecular complexity index is 1270. The third kappa shape index (κ3) is 3.52. The van der Waals surface area contributed by atoms with Crippen LogP contribution in [0, 0.1) is 5.92 Å². The minimum absolute atomic E-state index is 0.00953. The Balaban J connectivity index is 1.58. The number of amides is 1. The predicted molar refractivity (Wildman–Crippen MR) is 117 cm³/mol. The fourth-order valence-corrected chi connectivity index (χ4v) is 4.13. The van der Waals surface area contributed by atoms with E-state index in [2.05, 4.69) is 9.97 Å². The average molecular weight is 420 g/mol. The topological polar surface area (TPSA) is 97.3 Å². The number of nitrogens with zero attached hydrogens (tertiary/aromatic N) is 3. The lowest BCUT2D eigenvalue weighted by Gasteiger charge is -2.30. The Morgan fingerprint density at radius 2 is 1.90 bits per heavy atom. The van der Waals surface area contributed by atoms with Gasteiger partial charge in [-0.05, 0) is 68.9 Å². The van der Waals surface area contributed by atoms with Crippen LogP contribution in [-0.2, 0) is 0 Å². The molecule has 0 radical (unpaired) electrons. The summed E-state index contributed by atoms with van der Waals surface area (Å²) in [5.41, 5.74) is 0.447. The first kappa shape index (κ1) is 19.5. The number of methoxy groups -OCH3 is 1. The molecule has 2 aromatic heterocycles. The predicted octanol–water partition coefficient (Wildman–Crippen LogP) is 2.87. The third-order valence-corrected chi connectivity index (χ3v) is 6.22. The van der Waals surface area contributed by atoms with E-state index >= 15 is 0 Å². The number of rotatable bonds is 6. The number of carbonyl (C=O) groups is 1. The molecule has 1 unspecified atom stereocenters. The molecule has 2 saturated carbocycles. The number of pyridine rings is 1. The Kier molecular flexibility index (Phi) is 4.64. The van der Waals surface area contributed by atoms with Gasteiger partial charge in [0.15, 0.2) is 0 Å².